The van der Waals surface area contributed by atoms with E-state index in [2.05, 4.69) is 9.97 Å². The second kappa shape index (κ2) is 7.32. The number of pyridine rings is 1. The van der Waals surface area contributed by atoms with Gasteiger partial charge in [0.1, 0.15) is 5.82 Å². The summed E-state index contributed by atoms with van der Waals surface area (Å²) in [6.07, 6.45) is -2.36. The van der Waals surface area contributed by atoms with Crippen LogP contribution in [0.25, 0.3) is 17.1 Å². The van der Waals surface area contributed by atoms with Crippen LogP contribution >= 0.6 is 0 Å². The van der Waals surface area contributed by atoms with E-state index in [0.29, 0.717) is 11.3 Å². The average molecular weight is 424 g/mol. The number of amides is 1. The van der Waals surface area contributed by atoms with Gasteiger partial charge in [0.2, 0.25) is 5.91 Å². The molecular weight excluding hydrogens is 409 g/mol. The van der Waals surface area contributed by atoms with Gasteiger partial charge in [0.15, 0.2) is 5.69 Å². The Balaban J connectivity index is 2.10. The predicted octanol–water partition coefficient (Wildman–Crippen LogP) is 3.09. The van der Waals surface area contributed by atoms with E-state index >= 15 is 0 Å². The van der Waals surface area contributed by atoms with Crippen molar-refractivity contribution in [2.24, 2.45) is 0 Å². The van der Waals surface area contributed by atoms with Gasteiger partial charge in [0, 0.05) is 36.3 Å². The van der Waals surface area contributed by atoms with Crippen LogP contribution in [-0.4, -0.2) is 28.9 Å². The zero-order valence-electron chi connectivity index (χ0n) is 15.2. The topological polar surface area (TPSA) is 94.0 Å². The maximum absolute atomic E-state index is 13.2. The number of sulfonamides is 1. The van der Waals surface area contributed by atoms with Gasteiger partial charge in [-0.05, 0) is 43.3 Å². The largest absolute Gasteiger partial charge is 0.434 e. The zero-order chi connectivity index (χ0) is 21.4. The molecule has 1 N–H and O–H groups in total. The van der Waals surface area contributed by atoms with E-state index in [-0.39, 0.29) is 16.4 Å². The lowest BCUT2D eigenvalue weighted by molar-refractivity contribution is -0.140. The fraction of sp³-hybridized carbons (Fsp3) is 0.167. The Morgan fingerprint density at radius 3 is 2.34 bits per heavy atom. The molecule has 0 bridgehead atoms. The van der Waals surface area contributed by atoms with Gasteiger partial charge in [0.25, 0.3) is 10.0 Å². The van der Waals surface area contributed by atoms with E-state index < -0.39 is 27.8 Å². The first-order chi connectivity index (χ1) is 13.5. The highest BCUT2D eigenvalue weighted by Crippen LogP contribution is 2.32. The summed E-state index contributed by atoms with van der Waals surface area (Å²) in [6, 6.07) is 8.16. The van der Waals surface area contributed by atoms with Crippen LogP contribution in [0.2, 0.25) is 0 Å². The molecule has 11 heteroatoms. The van der Waals surface area contributed by atoms with Crippen molar-refractivity contribution >= 4 is 15.9 Å². The van der Waals surface area contributed by atoms with Crippen molar-refractivity contribution in [2.45, 2.75) is 24.9 Å². The Bertz CT molecular complexity index is 1170. The van der Waals surface area contributed by atoms with Gasteiger partial charge in [-0.15, -0.1) is 0 Å². The molecular formula is C18H15F3N4O3S. The fourth-order valence-corrected chi connectivity index (χ4v) is 3.63. The van der Waals surface area contributed by atoms with Gasteiger partial charge in [-0.2, -0.15) is 13.2 Å². The molecule has 7 nitrogen and oxygen atoms in total. The number of nitrogens with one attached hydrogen (secondary N) is 1. The lowest BCUT2D eigenvalue weighted by Crippen LogP contribution is -2.28. The Morgan fingerprint density at radius 2 is 1.79 bits per heavy atom. The smallest absolute Gasteiger partial charge is 0.299 e. The van der Waals surface area contributed by atoms with Crippen LogP contribution in [0.1, 0.15) is 18.3 Å². The zero-order valence-corrected chi connectivity index (χ0v) is 16.0. The number of rotatable bonds is 4. The van der Waals surface area contributed by atoms with E-state index in [1.54, 1.807) is 13.0 Å². The summed E-state index contributed by atoms with van der Waals surface area (Å²) in [5.41, 5.74) is 0.196. The summed E-state index contributed by atoms with van der Waals surface area (Å²) in [7, 11) is -4.06. The number of imidazole rings is 1. The minimum absolute atomic E-state index is 0.0280. The van der Waals surface area contributed by atoms with Crippen molar-refractivity contribution in [1.29, 1.82) is 0 Å². The van der Waals surface area contributed by atoms with Crippen LogP contribution in [0, 0.1) is 6.92 Å². The van der Waals surface area contributed by atoms with Crippen molar-refractivity contribution in [3.8, 4) is 17.1 Å². The molecule has 1 aromatic carbocycles. The number of nitrogens with zero attached hydrogens (tertiary/aromatic N) is 3. The summed E-state index contributed by atoms with van der Waals surface area (Å²) in [5.74, 6) is -0.728. The number of alkyl halides is 3. The number of halogens is 3. The Labute approximate surface area is 164 Å². The summed E-state index contributed by atoms with van der Waals surface area (Å²) >= 11 is 0. The van der Waals surface area contributed by atoms with Crippen LogP contribution in [0.4, 0.5) is 13.2 Å². The molecule has 2 aromatic heterocycles. The monoisotopic (exact) mass is 424 g/mol. The Kier molecular flexibility index (Phi) is 5.18. The van der Waals surface area contributed by atoms with Crippen LogP contribution < -0.4 is 4.72 Å². The van der Waals surface area contributed by atoms with E-state index in [1.165, 1.54) is 41.1 Å². The summed E-state index contributed by atoms with van der Waals surface area (Å²) in [6.45, 7) is 2.75. The highest BCUT2D eigenvalue weighted by Gasteiger charge is 2.35. The van der Waals surface area contributed by atoms with Gasteiger partial charge in [-0.3, -0.25) is 14.3 Å². The minimum Gasteiger partial charge on any atom is -0.299 e. The van der Waals surface area contributed by atoms with E-state index in [1.807, 2.05) is 4.72 Å². The van der Waals surface area contributed by atoms with Gasteiger partial charge < -0.3 is 0 Å². The SMILES string of the molecule is CC(=O)NS(=O)(=O)c1ccc(-n2cc(C(F)(F)F)nc2-c2ccnc(C)c2)cc1. The van der Waals surface area contributed by atoms with Crippen LogP contribution in [0.3, 0.4) is 0 Å². The highest BCUT2D eigenvalue weighted by atomic mass is 32.2. The molecule has 0 spiro atoms. The lowest BCUT2D eigenvalue weighted by Gasteiger charge is -2.10. The van der Waals surface area contributed by atoms with E-state index in [9.17, 15) is 26.4 Å². The Hall–Kier alpha value is -3.21. The average Bonchev–Trinajstić information content (AvgIpc) is 3.06. The third kappa shape index (κ3) is 4.45. The first-order valence-electron chi connectivity index (χ1n) is 8.21. The van der Waals surface area contributed by atoms with Gasteiger partial charge in [-0.25, -0.2) is 18.1 Å². The summed E-state index contributed by atoms with van der Waals surface area (Å²) < 4.78 is 66.8. The van der Waals surface area contributed by atoms with Gasteiger partial charge in [-0.1, -0.05) is 0 Å². The number of benzene rings is 1. The number of hydrogen-bond acceptors (Lipinski definition) is 5. The molecule has 3 rings (SSSR count). The molecule has 0 radical (unpaired) electrons. The molecule has 0 aliphatic heterocycles. The van der Waals surface area contributed by atoms with Crippen LogP contribution in [0.5, 0.6) is 0 Å². The second-order valence-corrected chi connectivity index (χ2v) is 7.84. The van der Waals surface area contributed by atoms with E-state index in [4.69, 9.17) is 0 Å². The number of aryl methyl sites for hydroxylation is 1. The van der Waals surface area contributed by atoms with Crippen molar-refractivity contribution in [3.05, 3.63) is 60.2 Å². The second-order valence-electron chi connectivity index (χ2n) is 6.16. The number of hydrogen-bond donors (Lipinski definition) is 1. The maximum Gasteiger partial charge on any atom is 0.434 e. The maximum atomic E-state index is 13.2. The van der Waals surface area contributed by atoms with E-state index in [0.717, 1.165) is 13.1 Å². The molecule has 0 aliphatic rings. The molecule has 0 fully saturated rings. The quantitative estimate of drug-likeness (QED) is 0.695. The molecule has 0 unspecified atom stereocenters. The number of aromatic nitrogens is 3. The molecule has 2 heterocycles. The molecule has 0 atom stereocenters. The Morgan fingerprint density at radius 1 is 1.14 bits per heavy atom. The molecule has 1 amide bonds. The fourth-order valence-electron chi connectivity index (χ4n) is 2.64. The van der Waals surface area contributed by atoms with Crippen molar-refractivity contribution in [1.82, 2.24) is 19.3 Å². The third-order valence-corrected chi connectivity index (χ3v) is 5.30. The molecule has 29 heavy (non-hydrogen) atoms. The molecule has 0 aliphatic carbocycles. The first kappa shape index (κ1) is 20.5. The standard InChI is InChI=1S/C18H15F3N4O3S/c1-11-9-13(7-8-22-11)17-23-16(18(19,20)21)10-25(17)14-3-5-15(6-4-14)29(27,28)24-12(2)26/h3-10H,1-2H3,(H,24,26). The lowest BCUT2D eigenvalue weighted by atomic mass is 10.2. The third-order valence-electron chi connectivity index (χ3n) is 3.85. The summed E-state index contributed by atoms with van der Waals surface area (Å²) in [4.78, 5) is 18.6. The predicted molar refractivity (Wildman–Crippen MR) is 97.5 cm³/mol. The van der Waals surface area contributed by atoms with Crippen molar-refractivity contribution in [2.75, 3.05) is 0 Å². The number of carbonyl (C=O) groups is 1. The highest BCUT2D eigenvalue weighted by molar-refractivity contribution is 7.90. The first-order valence-corrected chi connectivity index (χ1v) is 9.69. The summed E-state index contributed by atoms with van der Waals surface area (Å²) in [5, 5.41) is 0. The van der Waals surface area contributed by atoms with Crippen LogP contribution in [-0.2, 0) is 21.0 Å². The number of carbonyl (C=O) groups excluding carboxylic acids is 1. The van der Waals surface area contributed by atoms with Crippen LogP contribution in [0.15, 0.2) is 53.7 Å². The molecule has 152 valence electrons. The molecule has 0 saturated carbocycles. The van der Waals surface area contributed by atoms with Gasteiger partial charge in [0.05, 0.1) is 4.90 Å². The molecule has 3 aromatic rings. The normalized spacial score (nSPS) is 12.0. The van der Waals surface area contributed by atoms with Gasteiger partial charge >= 0.3 is 6.18 Å². The minimum atomic E-state index is -4.66. The van der Waals surface area contributed by atoms with Crippen molar-refractivity contribution < 1.29 is 26.4 Å². The van der Waals surface area contributed by atoms with Crippen molar-refractivity contribution in [3.63, 3.8) is 0 Å². The molecule has 0 saturated heterocycles.